The van der Waals surface area contributed by atoms with Crippen LogP contribution in [0.15, 0.2) is 36.5 Å². The number of rotatable bonds is 56. The van der Waals surface area contributed by atoms with E-state index in [1.807, 2.05) is 6.08 Å². The molecule has 2 atom stereocenters. The first kappa shape index (κ1) is 64.6. The number of carbonyl (C=O) groups excluding carboxylic acids is 1. The Hall–Kier alpha value is -1.39. The normalized spacial score (nSPS) is 13.0. The third kappa shape index (κ3) is 53.6. The molecule has 0 aromatic carbocycles. The minimum absolute atomic E-state index is 0.0711. The van der Waals surface area contributed by atoms with Gasteiger partial charge in [-0.2, -0.15) is 0 Å². The van der Waals surface area contributed by atoms with Crippen LogP contribution in [0.1, 0.15) is 335 Å². The van der Waals surface area contributed by atoms with Crippen molar-refractivity contribution < 1.29 is 15.0 Å². The maximum Gasteiger partial charge on any atom is 0.220 e. The lowest BCUT2D eigenvalue weighted by Crippen LogP contribution is -2.45. The maximum absolute atomic E-state index is 12.5. The fraction of sp³-hybridized carbons (Fsp3) is 0.887. The zero-order chi connectivity index (χ0) is 47.7. The van der Waals surface area contributed by atoms with E-state index in [0.29, 0.717) is 6.42 Å². The molecule has 2 unspecified atom stereocenters. The van der Waals surface area contributed by atoms with Crippen LogP contribution < -0.4 is 5.32 Å². The van der Waals surface area contributed by atoms with Crippen molar-refractivity contribution in [2.24, 2.45) is 0 Å². The highest BCUT2D eigenvalue weighted by Gasteiger charge is 2.18. The molecule has 0 bridgehead atoms. The van der Waals surface area contributed by atoms with Crippen molar-refractivity contribution in [2.75, 3.05) is 6.61 Å². The minimum Gasteiger partial charge on any atom is -0.394 e. The third-order valence-electron chi connectivity index (χ3n) is 14.1. The van der Waals surface area contributed by atoms with Crippen molar-refractivity contribution in [3.63, 3.8) is 0 Å². The van der Waals surface area contributed by atoms with Gasteiger partial charge in [-0.25, -0.2) is 0 Å². The van der Waals surface area contributed by atoms with Crippen molar-refractivity contribution in [3.05, 3.63) is 36.5 Å². The van der Waals surface area contributed by atoms with Crippen molar-refractivity contribution in [1.29, 1.82) is 0 Å². The van der Waals surface area contributed by atoms with E-state index in [4.69, 9.17) is 0 Å². The van der Waals surface area contributed by atoms with E-state index in [2.05, 4.69) is 43.5 Å². The van der Waals surface area contributed by atoms with Crippen molar-refractivity contribution in [2.45, 2.75) is 347 Å². The summed E-state index contributed by atoms with van der Waals surface area (Å²) >= 11 is 0. The van der Waals surface area contributed by atoms with E-state index in [1.165, 1.54) is 276 Å². The third-order valence-corrected chi connectivity index (χ3v) is 14.1. The summed E-state index contributed by atoms with van der Waals surface area (Å²) in [5.74, 6) is -0.0711. The molecule has 4 heteroatoms. The molecule has 0 spiro atoms. The standard InChI is InChI=1S/C62H119NO3/c1-3-5-7-9-11-13-15-17-19-21-23-25-27-29-31-32-33-35-37-39-41-43-45-47-49-51-53-55-57-61(65)60(59-64)63-62(66)58-56-54-52-50-48-46-44-42-40-38-36-34-30-28-26-24-22-20-18-16-14-12-10-8-6-4-2/h39,41,47,49,55,57,60-61,64-65H,3-38,40,42-46,48,50-54,56,58-59H2,1-2H3,(H,63,66)/b41-39+,49-47+,57-55+. The van der Waals surface area contributed by atoms with Crippen LogP contribution in [-0.4, -0.2) is 34.9 Å². The highest BCUT2D eigenvalue weighted by Crippen LogP contribution is 2.18. The van der Waals surface area contributed by atoms with Gasteiger partial charge in [0.1, 0.15) is 0 Å². The van der Waals surface area contributed by atoms with Crippen molar-refractivity contribution >= 4 is 5.91 Å². The average Bonchev–Trinajstić information content (AvgIpc) is 3.32. The first-order valence-corrected chi connectivity index (χ1v) is 30.2. The Morgan fingerprint density at radius 1 is 0.348 bits per heavy atom. The fourth-order valence-electron chi connectivity index (χ4n) is 9.51. The van der Waals surface area contributed by atoms with Crippen molar-refractivity contribution in [3.8, 4) is 0 Å². The molecule has 0 saturated heterocycles. The molecule has 0 aliphatic rings. The second-order valence-electron chi connectivity index (χ2n) is 20.8. The van der Waals surface area contributed by atoms with E-state index in [0.717, 1.165) is 38.5 Å². The van der Waals surface area contributed by atoms with Gasteiger partial charge >= 0.3 is 0 Å². The van der Waals surface area contributed by atoms with Crippen LogP contribution in [0.3, 0.4) is 0 Å². The summed E-state index contributed by atoms with van der Waals surface area (Å²) in [6.07, 6.45) is 79.0. The lowest BCUT2D eigenvalue weighted by atomic mass is 10.0. The molecule has 0 aliphatic carbocycles. The molecule has 0 saturated carbocycles. The summed E-state index contributed by atoms with van der Waals surface area (Å²) in [5, 5.41) is 23.2. The summed E-state index contributed by atoms with van der Waals surface area (Å²) in [6.45, 7) is 4.34. The first-order valence-electron chi connectivity index (χ1n) is 30.2. The van der Waals surface area contributed by atoms with Crippen molar-refractivity contribution in [1.82, 2.24) is 5.32 Å². The number of aliphatic hydroxyl groups excluding tert-OH is 2. The van der Waals surface area contributed by atoms with Gasteiger partial charge in [0.2, 0.25) is 5.91 Å². The summed E-state index contributed by atoms with van der Waals surface area (Å²) in [5.41, 5.74) is 0. The molecule has 66 heavy (non-hydrogen) atoms. The lowest BCUT2D eigenvalue weighted by molar-refractivity contribution is -0.123. The zero-order valence-corrected chi connectivity index (χ0v) is 45.0. The number of allylic oxidation sites excluding steroid dienone is 5. The van der Waals surface area contributed by atoms with Gasteiger partial charge in [-0.1, -0.05) is 320 Å². The van der Waals surface area contributed by atoms with Crippen LogP contribution in [0, 0.1) is 0 Å². The highest BCUT2D eigenvalue weighted by molar-refractivity contribution is 5.76. The van der Waals surface area contributed by atoms with Gasteiger partial charge in [0, 0.05) is 6.42 Å². The summed E-state index contributed by atoms with van der Waals surface area (Å²) in [4.78, 5) is 12.5. The van der Waals surface area contributed by atoms with Gasteiger partial charge in [-0.3, -0.25) is 4.79 Å². The van der Waals surface area contributed by atoms with E-state index >= 15 is 0 Å². The topological polar surface area (TPSA) is 69.6 Å². The average molecular weight is 927 g/mol. The van der Waals surface area contributed by atoms with Crippen LogP contribution in [0.5, 0.6) is 0 Å². The van der Waals surface area contributed by atoms with Gasteiger partial charge in [0.05, 0.1) is 18.8 Å². The molecular weight excluding hydrogens is 807 g/mol. The van der Waals surface area contributed by atoms with Crippen LogP contribution in [0.25, 0.3) is 0 Å². The molecule has 0 aliphatic heterocycles. The summed E-state index contributed by atoms with van der Waals surface area (Å²) < 4.78 is 0. The molecule has 3 N–H and O–H groups in total. The molecular formula is C62H119NO3. The van der Waals surface area contributed by atoms with Crippen LogP contribution in [-0.2, 0) is 4.79 Å². The monoisotopic (exact) mass is 926 g/mol. The fourth-order valence-corrected chi connectivity index (χ4v) is 9.51. The highest BCUT2D eigenvalue weighted by atomic mass is 16.3. The number of hydrogen-bond acceptors (Lipinski definition) is 3. The number of amides is 1. The summed E-state index contributed by atoms with van der Waals surface area (Å²) in [6, 6.07) is -0.644. The van der Waals surface area contributed by atoms with Gasteiger partial charge in [-0.15, -0.1) is 0 Å². The Balaban J connectivity index is 3.51. The van der Waals surface area contributed by atoms with E-state index < -0.39 is 12.1 Å². The van der Waals surface area contributed by atoms with Gasteiger partial charge < -0.3 is 15.5 Å². The number of carbonyl (C=O) groups is 1. The molecule has 0 aromatic heterocycles. The van der Waals surface area contributed by atoms with E-state index in [1.54, 1.807) is 6.08 Å². The lowest BCUT2D eigenvalue weighted by Gasteiger charge is -2.19. The number of nitrogens with one attached hydrogen (secondary N) is 1. The molecule has 390 valence electrons. The number of unbranched alkanes of at least 4 members (excludes halogenated alkanes) is 45. The van der Waals surface area contributed by atoms with Gasteiger partial charge in [0.25, 0.3) is 0 Å². The molecule has 0 aromatic rings. The Morgan fingerprint density at radius 3 is 0.879 bits per heavy atom. The minimum atomic E-state index is -0.869. The summed E-state index contributed by atoms with van der Waals surface area (Å²) in [7, 11) is 0. The van der Waals surface area contributed by atoms with Crippen LogP contribution in [0.4, 0.5) is 0 Å². The molecule has 0 heterocycles. The van der Waals surface area contributed by atoms with Gasteiger partial charge in [-0.05, 0) is 44.9 Å². The Labute approximate surface area is 414 Å². The Kier molecular flexibility index (Phi) is 56.7. The largest absolute Gasteiger partial charge is 0.394 e. The quantitative estimate of drug-likeness (QED) is 0.0420. The second kappa shape index (κ2) is 57.9. The number of aliphatic hydroxyl groups is 2. The molecule has 0 rings (SSSR count). The zero-order valence-electron chi connectivity index (χ0n) is 45.0. The smallest absolute Gasteiger partial charge is 0.220 e. The van der Waals surface area contributed by atoms with E-state index in [9.17, 15) is 15.0 Å². The Bertz CT molecular complexity index is 1010. The van der Waals surface area contributed by atoms with Crippen LogP contribution >= 0.6 is 0 Å². The molecule has 0 radical (unpaired) electrons. The predicted octanol–water partition coefficient (Wildman–Crippen LogP) is 20.0. The second-order valence-corrected chi connectivity index (χ2v) is 20.8. The SMILES string of the molecule is CCCCCCCCCCCCCCCCCCCC/C=C/CC/C=C/CC/C=C/C(O)C(CO)NC(=O)CCCCCCCCCCCCCCCCCCCCCCCCCCCC. The molecule has 1 amide bonds. The predicted molar refractivity (Wildman–Crippen MR) is 295 cm³/mol. The number of hydrogen-bond donors (Lipinski definition) is 3. The van der Waals surface area contributed by atoms with Crippen LogP contribution in [0.2, 0.25) is 0 Å². The molecule has 0 fully saturated rings. The van der Waals surface area contributed by atoms with Gasteiger partial charge in [0.15, 0.2) is 0 Å². The van der Waals surface area contributed by atoms with E-state index in [-0.39, 0.29) is 12.5 Å². The molecule has 4 nitrogen and oxygen atoms in total. The Morgan fingerprint density at radius 2 is 0.591 bits per heavy atom. The maximum atomic E-state index is 12.5. The first-order chi connectivity index (χ1) is 32.7.